The molecule has 1 unspecified atom stereocenters. The third kappa shape index (κ3) is 6.22. The zero-order valence-corrected chi connectivity index (χ0v) is 19.9. The first-order chi connectivity index (χ1) is 14.9. The highest BCUT2D eigenvalue weighted by Gasteiger charge is 2.42. The van der Waals surface area contributed by atoms with Crippen LogP contribution < -0.4 is 10.6 Å². The summed E-state index contributed by atoms with van der Waals surface area (Å²) in [7, 11) is 5.51. The topological polar surface area (TPSA) is 60.0 Å². The van der Waals surface area contributed by atoms with Gasteiger partial charge in [-0.15, -0.1) is 0 Å². The van der Waals surface area contributed by atoms with Crippen LogP contribution in [0.2, 0.25) is 0 Å². The highest BCUT2D eigenvalue weighted by atomic mass is 16.2. The van der Waals surface area contributed by atoms with Crippen molar-refractivity contribution in [2.75, 3.05) is 40.8 Å². The van der Waals surface area contributed by atoms with Crippen molar-refractivity contribution in [1.82, 2.24) is 20.4 Å². The quantitative estimate of drug-likeness (QED) is 0.518. The van der Waals surface area contributed by atoms with Crippen molar-refractivity contribution >= 4 is 11.9 Å². The van der Waals surface area contributed by atoms with E-state index in [0.717, 1.165) is 50.7 Å². The Morgan fingerprint density at radius 2 is 1.87 bits per heavy atom. The first-order valence-corrected chi connectivity index (χ1v) is 11.9. The van der Waals surface area contributed by atoms with E-state index in [-0.39, 0.29) is 11.3 Å². The highest BCUT2D eigenvalue weighted by Crippen LogP contribution is 2.38. The summed E-state index contributed by atoms with van der Waals surface area (Å²) < 4.78 is 0. The van der Waals surface area contributed by atoms with Crippen molar-refractivity contribution in [3.05, 3.63) is 35.4 Å². The predicted octanol–water partition coefficient (Wildman–Crippen LogP) is 3.23. The Labute approximate surface area is 188 Å². The van der Waals surface area contributed by atoms with E-state index in [4.69, 9.17) is 0 Å². The zero-order chi connectivity index (χ0) is 22.3. The second-order valence-corrected chi connectivity index (χ2v) is 9.72. The number of hydrogen-bond donors (Lipinski definition) is 2. The number of hydrogen-bond acceptors (Lipinski definition) is 3. The summed E-state index contributed by atoms with van der Waals surface area (Å²) in [6, 6.07) is 8.70. The van der Waals surface area contributed by atoms with E-state index < -0.39 is 0 Å². The number of carbonyl (C=O) groups is 1. The van der Waals surface area contributed by atoms with Crippen molar-refractivity contribution in [3.8, 4) is 0 Å². The van der Waals surface area contributed by atoms with Crippen LogP contribution in [-0.2, 0) is 17.9 Å². The Bertz CT molecular complexity index is 754. The fourth-order valence-electron chi connectivity index (χ4n) is 5.20. The number of piperidine rings is 1. The first kappa shape index (κ1) is 23.6. The summed E-state index contributed by atoms with van der Waals surface area (Å²) in [5.74, 6) is 1.78. The summed E-state index contributed by atoms with van der Waals surface area (Å²) in [4.78, 5) is 21.6. The molecule has 6 heteroatoms. The summed E-state index contributed by atoms with van der Waals surface area (Å²) in [6.07, 6.45) is 6.78. The normalized spacial score (nSPS) is 21.7. The van der Waals surface area contributed by atoms with Crippen molar-refractivity contribution < 1.29 is 4.79 Å². The summed E-state index contributed by atoms with van der Waals surface area (Å²) >= 11 is 0. The molecule has 0 spiro atoms. The van der Waals surface area contributed by atoms with Gasteiger partial charge in [0.1, 0.15) is 0 Å². The molecule has 0 bridgehead atoms. The number of nitrogens with zero attached hydrogens (tertiary/aromatic N) is 3. The van der Waals surface area contributed by atoms with Crippen LogP contribution in [0.25, 0.3) is 0 Å². The molecule has 1 aliphatic carbocycles. The van der Waals surface area contributed by atoms with Gasteiger partial charge in [-0.25, -0.2) is 0 Å². The Balaban J connectivity index is 1.58. The molecule has 172 valence electrons. The van der Waals surface area contributed by atoms with Crippen molar-refractivity contribution in [1.29, 1.82) is 0 Å². The van der Waals surface area contributed by atoms with E-state index in [2.05, 4.69) is 51.7 Å². The molecule has 1 aromatic carbocycles. The van der Waals surface area contributed by atoms with Gasteiger partial charge in [0.2, 0.25) is 5.91 Å². The molecule has 0 aromatic heterocycles. The average Bonchev–Trinajstić information content (AvgIpc) is 3.24. The van der Waals surface area contributed by atoms with Gasteiger partial charge in [0.25, 0.3) is 0 Å². The van der Waals surface area contributed by atoms with Gasteiger partial charge in [0.15, 0.2) is 5.96 Å². The monoisotopic (exact) mass is 427 g/mol. The minimum Gasteiger partial charge on any atom is -0.355 e. The average molecular weight is 428 g/mol. The lowest BCUT2D eigenvalue weighted by molar-refractivity contribution is -0.138. The van der Waals surface area contributed by atoms with Gasteiger partial charge in [-0.1, -0.05) is 44.0 Å². The Morgan fingerprint density at radius 3 is 2.52 bits per heavy atom. The molecule has 6 nitrogen and oxygen atoms in total. The van der Waals surface area contributed by atoms with E-state index in [1.807, 2.05) is 14.1 Å². The molecule has 1 atom stereocenters. The fourth-order valence-corrected chi connectivity index (χ4v) is 5.20. The molecular formula is C25H41N5O. The van der Waals surface area contributed by atoms with Crippen molar-refractivity contribution in [3.63, 3.8) is 0 Å². The van der Waals surface area contributed by atoms with E-state index >= 15 is 0 Å². The van der Waals surface area contributed by atoms with Crippen LogP contribution in [0, 0.1) is 11.3 Å². The van der Waals surface area contributed by atoms with Gasteiger partial charge in [-0.05, 0) is 49.3 Å². The molecule has 2 fully saturated rings. The smallest absolute Gasteiger partial charge is 0.230 e. The molecule has 0 radical (unpaired) electrons. The van der Waals surface area contributed by atoms with E-state index in [1.165, 1.54) is 37.1 Å². The SMILES string of the molecule is CN=C(NCc1ccccc1CN1CCCC(C)C1)NCC1(C(=O)N(C)C)CCCC1. The molecular weight excluding hydrogens is 386 g/mol. The first-order valence-electron chi connectivity index (χ1n) is 11.9. The minimum atomic E-state index is -0.302. The van der Waals surface area contributed by atoms with Crippen LogP contribution >= 0.6 is 0 Å². The summed E-state index contributed by atoms with van der Waals surface area (Å²) in [6.45, 7) is 7.11. The molecule has 1 aromatic rings. The summed E-state index contributed by atoms with van der Waals surface area (Å²) in [5.41, 5.74) is 2.39. The Morgan fingerprint density at radius 1 is 1.16 bits per heavy atom. The van der Waals surface area contributed by atoms with Gasteiger partial charge >= 0.3 is 0 Å². The largest absolute Gasteiger partial charge is 0.355 e. The lowest BCUT2D eigenvalue weighted by Crippen LogP contribution is -2.49. The van der Waals surface area contributed by atoms with Gasteiger partial charge < -0.3 is 15.5 Å². The number of aliphatic imine (C=N–C) groups is 1. The maximum Gasteiger partial charge on any atom is 0.230 e. The van der Waals surface area contributed by atoms with Crippen LogP contribution in [0.3, 0.4) is 0 Å². The van der Waals surface area contributed by atoms with Gasteiger partial charge in [-0.2, -0.15) is 0 Å². The Hall–Kier alpha value is -2.08. The minimum absolute atomic E-state index is 0.231. The van der Waals surface area contributed by atoms with Crippen LogP contribution in [-0.4, -0.2) is 62.4 Å². The molecule has 31 heavy (non-hydrogen) atoms. The van der Waals surface area contributed by atoms with E-state index in [0.29, 0.717) is 6.54 Å². The lowest BCUT2D eigenvalue weighted by atomic mass is 9.84. The highest BCUT2D eigenvalue weighted by molar-refractivity contribution is 5.85. The second-order valence-electron chi connectivity index (χ2n) is 9.72. The summed E-state index contributed by atoms with van der Waals surface area (Å²) in [5, 5.41) is 6.92. The van der Waals surface area contributed by atoms with Gasteiger partial charge in [0, 0.05) is 47.3 Å². The third-order valence-electron chi connectivity index (χ3n) is 6.94. The second kappa shape index (κ2) is 11.0. The van der Waals surface area contributed by atoms with Gasteiger partial charge in [-0.3, -0.25) is 14.7 Å². The molecule has 3 rings (SSSR count). The third-order valence-corrected chi connectivity index (χ3v) is 6.94. The number of likely N-dealkylation sites (tertiary alicyclic amines) is 1. The number of carbonyl (C=O) groups excluding carboxylic acids is 1. The molecule has 1 saturated carbocycles. The molecule has 1 heterocycles. The predicted molar refractivity (Wildman–Crippen MR) is 128 cm³/mol. The number of guanidine groups is 1. The van der Waals surface area contributed by atoms with Crippen LogP contribution in [0.1, 0.15) is 56.6 Å². The fraction of sp³-hybridized carbons (Fsp3) is 0.680. The molecule has 2 N–H and O–H groups in total. The number of nitrogens with one attached hydrogen (secondary N) is 2. The van der Waals surface area contributed by atoms with Crippen LogP contribution in [0.15, 0.2) is 29.3 Å². The van der Waals surface area contributed by atoms with E-state index in [1.54, 1.807) is 11.9 Å². The van der Waals surface area contributed by atoms with Crippen molar-refractivity contribution in [2.24, 2.45) is 16.3 Å². The number of rotatable bonds is 7. The number of benzene rings is 1. The lowest BCUT2D eigenvalue weighted by Gasteiger charge is -2.32. The number of amides is 1. The Kier molecular flexibility index (Phi) is 8.35. The van der Waals surface area contributed by atoms with Crippen LogP contribution in [0.4, 0.5) is 0 Å². The maximum atomic E-state index is 12.8. The zero-order valence-electron chi connectivity index (χ0n) is 19.9. The van der Waals surface area contributed by atoms with E-state index in [9.17, 15) is 4.79 Å². The molecule has 1 amide bonds. The molecule has 1 aliphatic heterocycles. The molecule has 1 saturated heterocycles. The van der Waals surface area contributed by atoms with Gasteiger partial charge in [0.05, 0.1) is 5.41 Å². The molecule has 2 aliphatic rings. The maximum absolute atomic E-state index is 12.8. The van der Waals surface area contributed by atoms with Crippen LogP contribution in [0.5, 0.6) is 0 Å². The van der Waals surface area contributed by atoms with Crippen molar-refractivity contribution in [2.45, 2.75) is 58.5 Å². The standard InChI is InChI=1S/C25H41N5O/c1-20-10-9-15-30(17-20)18-22-12-6-5-11-21(22)16-27-24(26-2)28-19-25(13-7-8-14-25)23(31)29(3)4/h5-6,11-12,20H,7-10,13-19H2,1-4H3,(H2,26,27,28).